The molecule has 1 rings (SSSR count). The average Bonchev–Trinajstić information content (AvgIpc) is 2.54. The van der Waals surface area contributed by atoms with Crippen LogP contribution >= 0.6 is 23.2 Å². The molecule has 0 aliphatic heterocycles. The van der Waals surface area contributed by atoms with Crippen LogP contribution in [0.15, 0.2) is 0 Å². The van der Waals surface area contributed by atoms with Crippen LogP contribution in [0.2, 0.25) is 0 Å². The van der Waals surface area contributed by atoms with E-state index in [1.54, 1.807) is 0 Å². The molecule has 5 heteroatoms. The number of hydrogen-bond acceptors (Lipinski definition) is 3. The lowest BCUT2D eigenvalue weighted by molar-refractivity contribution is -0.147. The molecule has 0 aromatic heterocycles. The monoisotopic (exact) mass is 198 g/mol. The van der Waals surface area contributed by atoms with Gasteiger partial charge < -0.3 is 9.84 Å². The van der Waals surface area contributed by atoms with Crippen LogP contribution in [0.4, 0.5) is 0 Å². The van der Waals surface area contributed by atoms with Crippen molar-refractivity contribution in [2.75, 3.05) is 13.2 Å². The largest absolute Gasteiger partial charge is 0.464 e. The van der Waals surface area contributed by atoms with Gasteiger partial charge in [-0.25, -0.2) is 4.79 Å². The van der Waals surface area contributed by atoms with Gasteiger partial charge in [0.1, 0.15) is 10.9 Å². The predicted molar refractivity (Wildman–Crippen MR) is 40.6 cm³/mol. The Bertz CT molecular complexity index is 169. The lowest BCUT2D eigenvalue weighted by Gasteiger charge is -2.01. The number of esters is 1. The second-order valence-corrected chi connectivity index (χ2v) is 4.05. The molecule has 11 heavy (non-hydrogen) atoms. The van der Waals surface area contributed by atoms with Crippen LogP contribution in [0.25, 0.3) is 0 Å². The van der Waals surface area contributed by atoms with Gasteiger partial charge in [-0.1, -0.05) is 0 Å². The maximum absolute atomic E-state index is 10.4. The van der Waals surface area contributed by atoms with E-state index in [1.807, 2.05) is 0 Å². The van der Waals surface area contributed by atoms with Gasteiger partial charge in [0.25, 0.3) is 0 Å². The smallest absolute Gasteiger partial charge is 0.331 e. The first kappa shape index (κ1) is 9.10. The van der Waals surface area contributed by atoms with Crippen LogP contribution in [-0.4, -0.2) is 28.6 Å². The predicted octanol–water partition coefficient (Wildman–Crippen LogP) is 0.716. The molecule has 0 radical (unpaired) electrons. The molecule has 0 saturated heterocycles. The Labute approximate surface area is 74.2 Å². The summed E-state index contributed by atoms with van der Waals surface area (Å²) < 4.78 is 3.88. The summed E-state index contributed by atoms with van der Waals surface area (Å²) >= 11 is 11.3. The summed E-state index contributed by atoms with van der Waals surface area (Å²) in [5, 5.41) is 8.26. The Morgan fingerprint density at radius 2 is 2.27 bits per heavy atom. The van der Waals surface area contributed by atoms with Gasteiger partial charge in [0.15, 0.2) is 0 Å². The van der Waals surface area contributed by atoms with Gasteiger partial charge in [-0.2, -0.15) is 0 Å². The van der Waals surface area contributed by atoms with Crippen molar-refractivity contribution in [3.63, 3.8) is 0 Å². The van der Waals surface area contributed by atoms with Crippen LogP contribution in [-0.2, 0) is 9.53 Å². The Morgan fingerprint density at radius 3 is 2.64 bits per heavy atom. The summed E-state index contributed by atoms with van der Waals surface area (Å²) in [5.74, 6) is -0.609. The SMILES string of the molecule is O=C(CO)OCC1CC1(Cl)Cl. The zero-order valence-electron chi connectivity index (χ0n) is 5.72. The first-order chi connectivity index (χ1) is 5.06. The Kier molecular flexibility index (Phi) is 2.62. The highest BCUT2D eigenvalue weighted by Crippen LogP contribution is 2.53. The molecule has 1 aliphatic carbocycles. The molecule has 0 aromatic rings. The van der Waals surface area contributed by atoms with Gasteiger partial charge in [-0.05, 0) is 6.42 Å². The summed E-state index contributed by atoms with van der Waals surface area (Å²) in [4.78, 5) is 10.4. The third-order valence-corrected chi connectivity index (χ3v) is 2.46. The fourth-order valence-electron chi connectivity index (χ4n) is 0.690. The molecule has 1 atom stereocenters. The summed E-state index contributed by atoms with van der Waals surface area (Å²) in [6.07, 6.45) is 0.648. The van der Waals surface area contributed by atoms with Crippen LogP contribution < -0.4 is 0 Å². The van der Waals surface area contributed by atoms with E-state index in [4.69, 9.17) is 28.3 Å². The Hall–Kier alpha value is 0.01000. The van der Waals surface area contributed by atoms with Gasteiger partial charge >= 0.3 is 5.97 Å². The standard InChI is InChI=1S/C6H8Cl2O3/c7-6(8)1-4(6)3-11-5(10)2-9/h4,9H,1-3H2. The van der Waals surface area contributed by atoms with E-state index in [1.165, 1.54) is 0 Å². The first-order valence-electron chi connectivity index (χ1n) is 3.20. The highest BCUT2D eigenvalue weighted by molar-refractivity contribution is 6.50. The fourth-order valence-corrected chi connectivity index (χ4v) is 1.19. The minimum Gasteiger partial charge on any atom is -0.464 e. The fraction of sp³-hybridized carbons (Fsp3) is 0.833. The number of alkyl halides is 2. The number of carbonyl (C=O) groups excluding carboxylic acids is 1. The number of ether oxygens (including phenoxy) is 1. The molecule has 0 amide bonds. The molecule has 1 saturated carbocycles. The van der Waals surface area contributed by atoms with E-state index >= 15 is 0 Å². The maximum atomic E-state index is 10.4. The van der Waals surface area contributed by atoms with Gasteiger partial charge in [0.2, 0.25) is 0 Å². The lowest BCUT2D eigenvalue weighted by atomic mass is 10.5. The summed E-state index contributed by atoms with van der Waals surface area (Å²) in [6, 6.07) is 0. The average molecular weight is 199 g/mol. The van der Waals surface area contributed by atoms with Crippen molar-refractivity contribution in [3.8, 4) is 0 Å². The van der Waals surface area contributed by atoms with Crippen LogP contribution in [0, 0.1) is 5.92 Å². The van der Waals surface area contributed by atoms with Crippen molar-refractivity contribution in [3.05, 3.63) is 0 Å². The molecule has 1 unspecified atom stereocenters. The number of aliphatic hydroxyl groups is 1. The third-order valence-electron chi connectivity index (χ3n) is 1.53. The van der Waals surface area contributed by atoms with Crippen molar-refractivity contribution in [1.82, 2.24) is 0 Å². The lowest BCUT2D eigenvalue weighted by Crippen LogP contribution is -2.12. The zero-order valence-corrected chi connectivity index (χ0v) is 7.23. The van der Waals surface area contributed by atoms with E-state index in [0.717, 1.165) is 0 Å². The summed E-state index contributed by atoms with van der Waals surface area (Å²) in [7, 11) is 0. The maximum Gasteiger partial charge on any atom is 0.331 e. The molecule has 0 heterocycles. The quantitative estimate of drug-likeness (QED) is 0.538. The number of aliphatic hydroxyl groups excluding tert-OH is 1. The van der Waals surface area contributed by atoms with Crippen LogP contribution in [0.1, 0.15) is 6.42 Å². The van der Waals surface area contributed by atoms with Gasteiger partial charge in [0, 0.05) is 5.92 Å². The van der Waals surface area contributed by atoms with Crippen molar-refractivity contribution in [2.24, 2.45) is 5.92 Å². The molecule has 3 nitrogen and oxygen atoms in total. The number of rotatable bonds is 3. The van der Waals surface area contributed by atoms with E-state index in [0.29, 0.717) is 6.42 Å². The Balaban J connectivity index is 2.11. The van der Waals surface area contributed by atoms with Crippen LogP contribution in [0.5, 0.6) is 0 Å². The third kappa shape index (κ3) is 2.51. The molecule has 1 fully saturated rings. The molecule has 1 aliphatic rings. The van der Waals surface area contributed by atoms with E-state index < -0.39 is 16.9 Å². The number of halogens is 2. The molecule has 0 bridgehead atoms. The molecular weight excluding hydrogens is 191 g/mol. The Morgan fingerprint density at radius 1 is 1.73 bits per heavy atom. The van der Waals surface area contributed by atoms with E-state index in [-0.39, 0.29) is 12.5 Å². The molecule has 1 N–H and O–H groups in total. The van der Waals surface area contributed by atoms with Crippen LogP contribution in [0.3, 0.4) is 0 Å². The number of hydrogen-bond donors (Lipinski definition) is 1. The van der Waals surface area contributed by atoms with E-state index in [2.05, 4.69) is 4.74 Å². The first-order valence-corrected chi connectivity index (χ1v) is 3.96. The molecule has 0 aromatic carbocycles. The van der Waals surface area contributed by atoms with Crippen molar-refractivity contribution < 1.29 is 14.6 Å². The zero-order chi connectivity index (χ0) is 8.48. The van der Waals surface area contributed by atoms with E-state index in [9.17, 15) is 4.79 Å². The highest BCUT2D eigenvalue weighted by atomic mass is 35.5. The normalized spacial score (nSPS) is 26.3. The van der Waals surface area contributed by atoms with Gasteiger partial charge in [0.05, 0.1) is 6.61 Å². The highest BCUT2D eigenvalue weighted by Gasteiger charge is 2.52. The molecule has 0 spiro atoms. The summed E-state index contributed by atoms with van der Waals surface area (Å²) in [6.45, 7) is -0.392. The second kappa shape index (κ2) is 3.17. The number of carbonyl (C=O) groups is 1. The second-order valence-electron chi connectivity index (χ2n) is 2.50. The molecular formula is C6H8Cl2O3. The van der Waals surface area contributed by atoms with Gasteiger partial charge in [-0.15, -0.1) is 23.2 Å². The molecule has 64 valence electrons. The van der Waals surface area contributed by atoms with Crippen molar-refractivity contribution >= 4 is 29.2 Å². The minimum absolute atomic E-state index is 0.0290. The van der Waals surface area contributed by atoms with Gasteiger partial charge in [-0.3, -0.25) is 0 Å². The minimum atomic E-state index is -0.713. The van der Waals surface area contributed by atoms with Crippen molar-refractivity contribution in [2.45, 2.75) is 10.8 Å². The van der Waals surface area contributed by atoms with Crippen molar-refractivity contribution in [1.29, 1.82) is 0 Å². The summed E-state index contributed by atoms with van der Waals surface area (Å²) in [5.41, 5.74) is 0. The topological polar surface area (TPSA) is 46.5 Å².